The van der Waals surface area contributed by atoms with E-state index in [1.54, 1.807) is 24.3 Å². The standard InChI is InChI=1S/C7H8O2.Na/c8-5-6-1-3-7(9)4-2-6;/h1-4,8-9H,5H2;. The normalized spacial score (nSPS) is 8.50. The molecule has 0 saturated carbocycles. The second kappa shape index (κ2) is 4.74. The maximum atomic E-state index is 8.77. The summed E-state index contributed by atoms with van der Waals surface area (Å²) in [7, 11) is 0. The van der Waals surface area contributed by atoms with Gasteiger partial charge in [0.05, 0.1) is 6.61 Å². The van der Waals surface area contributed by atoms with E-state index in [0.29, 0.717) is 0 Å². The van der Waals surface area contributed by atoms with Crippen LogP contribution in [-0.2, 0) is 6.61 Å². The Morgan fingerprint density at radius 1 is 1.10 bits per heavy atom. The molecule has 0 bridgehead atoms. The van der Waals surface area contributed by atoms with E-state index in [1.807, 2.05) is 0 Å². The van der Waals surface area contributed by atoms with Crippen molar-refractivity contribution in [3.8, 4) is 5.75 Å². The maximum Gasteiger partial charge on any atom is 0.115 e. The second-order valence-corrected chi connectivity index (χ2v) is 1.82. The molecule has 2 N–H and O–H groups in total. The first-order valence-electron chi connectivity index (χ1n) is 2.71. The van der Waals surface area contributed by atoms with E-state index < -0.39 is 0 Å². The molecule has 0 aliphatic heterocycles. The Labute approximate surface area is 81.8 Å². The van der Waals surface area contributed by atoms with Crippen LogP contribution in [0.3, 0.4) is 0 Å². The molecule has 0 aromatic heterocycles. The van der Waals surface area contributed by atoms with Gasteiger partial charge < -0.3 is 10.2 Å². The fraction of sp³-hybridized carbons (Fsp3) is 0.143. The fourth-order valence-corrected chi connectivity index (χ4v) is 0.601. The van der Waals surface area contributed by atoms with Gasteiger partial charge in [0.15, 0.2) is 0 Å². The minimum Gasteiger partial charge on any atom is -0.508 e. The van der Waals surface area contributed by atoms with Gasteiger partial charge in [0, 0.05) is 29.6 Å². The monoisotopic (exact) mass is 147 g/mol. The number of benzene rings is 1. The average molecular weight is 147 g/mol. The predicted octanol–water partition coefficient (Wildman–Crippen LogP) is 0.504. The zero-order valence-corrected chi connectivity index (χ0v) is 7.91. The van der Waals surface area contributed by atoms with Crippen molar-refractivity contribution in [3.05, 3.63) is 29.8 Å². The summed E-state index contributed by atoms with van der Waals surface area (Å²) in [6.07, 6.45) is 0. The van der Waals surface area contributed by atoms with Gasteiger partial charge in [0.1, 0.15) is 5.75 Å². The summed E-state index contributed by atoms with van der Waals surface area (Å²) in [5.41, 5.74) is 0.813. The summed E-state index contributed by atoms with van der Waals surface area (Å²) in [5, 5.41) is 17.3. The Balaban J connectivity index is 0.000000810. The Kier molecular flexibility index (Phi) is 4.73. The Hall–Kier alpha value is -0.0200. The molecule has 0 heterocycles. The van der Waals surface area contributed by atoms with Crippen molar-refractivity contribution >= 4 is 29.6 Å². The number of aliphatic hydroxyl groups excluding tert-OH is 1. The molecule has 0 unspecified atom stereocenters. The molecule has 0 aliphatic rings. The number of phenols is 1. The van der Waals surface area contributed by atoms with Gasteiger partial charge in [-0.2, -0.15) is 0 Å². The second-order valence-electron chi connectivity index (χ2n) is 1.82. The van der Waals surface area contributed by atoms with Gasteiger partial charge >= 0.3 is 0 Å². The molecule has 3 heteroatoms. The van der Waals surface area contributed by atoms with E-state index in [2.05, 4.69) is 0 Å². The number of aromatic hydroxyl groups is 1. The third-order valence-corrected chi connectivity index (χ3v) is 1.12. The smallest absolute Gasteiger partial charge is 0.115 e. The largest absolute Gasteiger partial charge is 0.508 e. The molecule has 49 valence electrons. The van der Waals surface area contributed by atoms with Gasteiger partial charge in [-0.25, -0.2) is 0 Å². The molecule has 0 atom stereocenters. The first-order valence-corrected chi connectivity index (χ1v) is 2.71. The molecule has 1 aromatic carbocycles. The van der Waals surface area contributed by atoms with Crippen molar-refractivity contribution in [2.24, 2.45) is 0 Å². The van der Waals surface area contributed by atoms with E-state index in [4.69, 9.17) is 10.2 Å². The minimum absolute atomic E-state index is 0. The van der Waals surface area contributed by atoms with Crippen molar-refractivity contribution < 1.29 is 10.2 Å². The molecule has 0 fully saturated rings. The van der Waals surface area contributed by atoms with Gasteiger partial charge in [-0.1, -0.05) is 12.1 Å². The van der Waals surface area contributed by atoms with Crippen LogP contribution >= 0.6 is 0 Å². The van der Waals surface area contributed by atoms with Crippen LogP contribution in [0.15, 0.2) is 24.3 Å². The molecule has 10 heavy (non-hydrogen) atoms. The third kappa shape index (κ3) is 2.71. The number of rotatable bonds is 1. The topological polar surface area (TPSA) is 40.5 Å². The SMILES string of the molecule is OCc1ccc(O)cc1.[Na]. The Morgan fingerprint density at radius 2 is 1.60 bits per heavy atom. The quantitative estimate of drug-likeness (QED) is 0.568. The van der Waals surface area contributed by atoms with E-state index >= 15 is 0 Å². The summed E-state index contributed by atoms with van der Waals surface area (Å²) < 4.78 is 0. The molecule has 0 saturated heterocycles. The molecule has 1 rings (SSSR count). The zero-order valence-electron chi connectivity index (χ0n) is 5.91. The van der Waals surface area contributed by atoms with Crippen molar-refractivity contribution in [3.63, 3.8) is 0 Å². The van der Waals surface area contributed by atoms with E-state index in [1.165, 1.54) is 0 Å². The molecule has 2 nitrogen and oxygen atoms in total. The van der Waals surface area contributed by atoms with Crippen LogP contribution < -0.4 is 0 Å². The number of hydrogen-bond acceptors (Lipinski definition) is 2. The van der Waals surface area contributed by atoms with Gasteiger partial charge in [0.25, 0.3) is 0 Å². The number of hydrogen-bond donors (Lipinski definition) is 2. The van der Waals surface area contributed by atoms with Gasteiger partial charge in [-0.05, 0) is 17.7 Å². The van der Waals surface area contributed by atoms with Crippen LogP contribution in [0.2, 0.25) is 0 Å². The molecular weight excluding hydrogens is 139 g/mol. The van der Waals surface area contributed by atoms with Crippen LogP contribution in [0, 0.1) is 0 Å². The van der Waals surface area contributed by atoms with Crippen molar-refractivity contribution in [1.29, 1.82) is 0 Å². The van der Waals surface area contributed by atoms with E-state index in [-0.39, 0.29) is 41.9 Å². The zero-order chi connectivity index (χ0) is 6.69. The van der Waals surface area contributed by atoms with Crippen molar-refractivity contribution in [2.75, 3.05) is 0 Å². The van der Waals surface area contributed by atoms with E-state index in [9.17, 15) is 0 Å². The molecular formula is C7H8NaO2. The first kappa shape index (κ1) is 9.98. The van der Waals surface area contributed by atoms with Gasteiger partial charge in [0.2, 0.25) is 0 Å². The Morgan fingerprint density at radius 3 is 2.00 bits per heavy atom. The first-order chi connectivity index (χ1) is 4.33. The number of aliphatic hydroxyl groups is 1. The summed E-state index contributed by atoms with van der Waals surface area (Å²) >= 11 is 0. The van der Waals surface area contributed by atoms with Crippen LogP contribution in [0.1, 0.15) is 5.56 Å². The van der Waals surface area contributed by atoms with Crippen LogP contribution in [0.5, 0.6) is 5.75 Å². The average Bonchev–Trinajstić information content (AvgIpc) is 1.90. The molecule has 1 radical (unpaired) electrons. The van der Waals surface area contributed by atoms with Gasteiger partial charge in [-0.3, -0.25) is 0 Å². The van der Waals surface area contributed by atoms with Crippen LogP contribution in [-0.4, -0.2) is 39.8 Å². The van der Waals surface area contributed by atoms with E-state index in [0.717, 1.165) is 5.56 Å². The molecule has 0 aliphatic carbocycles. The van der Waals surface area contributed by atoms with Crippen LogP contribution in [0.4, 0.5) is 0 Å². The van der Waals surface area contributed by atoms with Crippen molar-refractivity contribution in [1.82, 2.24) is 0 Å². The maximum absolute atomic E-state index is 8.77. The molecule has 0 spiro atoms. The minimum atomic E-state index is 0. The predicted molar refractivity (Wildman–Crippen MR) is 39.8 cm³/mol. The summed E-state index contributed by atoms with van der Waals surface area (Å²) in [6.45, 7) is 0.0281. The number of phenolic OH excluding ortho intramolecular Hbond substituents is 1. The van der Waals surface area contributed by atoms with Crippen LogP contribution in [0.25, 0.3) is 0 Å². The third-order valence-electron chi connectivity index (χ3n) is 1.12. The Bertz CT molecular complexity index is 183. The fourth-order valence-electron chi connectivity index (χ4n) is 0.601. The summed E-state index contributed by atoms with van der Waals surface area (Å²) in [6, 6.07) is 6.45. The summed E-state index contributed by atoms with van der Waals surface area (Å²) in [5.74, 6) is 0.229. The summed E-state index contributed by atoms with van der Waals surface area (Å²) in [4.78, 5) is 0. The van der Waals surface area contributed by atoms with Crippen molar-refractivity contribution in [2.45, 2.75) is 6.61 Å². The molecule has 0 amide bonds. The van der Waals surface area contributed by atoms with Gasteiger partial charge in [-0.15, -0.1) is 0 Å². The molecule has 1 aromatic rings.